The largest absolute Gasteiger partial charge is 0.346 e. The number of alkyl halides is 3. The monoisotopic (exact) mass is 421 g/mol. The zero-order valence-electron chi connectivity index (χ0n) is 17.5. The summed E-state index contributed by atoms with van der Waals surface area (Å²) in [5.74, 6) is -1.43. The Hall–Kier alpha value is -2.45. The van der Waals surface area contributed by atoms with Gasteiger partial charge in [-0.2, -0.15) is 8.78 Å². The Bertz CT molecular complexity index is 870. The molecule has 2 unspecified atom stereocenters. The van der Waals surface area contributed by atoms with Crippen LogP contribution in [0, 0.1) is 0 Å². The highest BCUT2D eigenvalue weighted by atomic mass is 19.3. The van der Waals surface area contributed by atoms with Crippen LogP contribution in [-0.4, -0.2) is 59.7 Å². The Morgan fingerprint density at radius 1 is 1.17 bits per heavy atom. The number of halogens is 3. The van der Waals surface area contributed by atoms with Gasteiger partial charge in [0.25, 0.3) is 5.91 Å². The molecule has 2 aromatic rings. The number of ether oxygens (including phenoxy) is 1. The summed E-state index contributed by atoms with van der Waals surface area (Å²) in [6.07, 6.45) is -2.26. The highest BCUT2D eigenvalue weighted by molar-refractivity contribution is 5.80. The smallest absolute Gasteiger partial charge is 0.315 e. The molecule has 1 aromatic carbocycles. The predicted octanol–water partition coefficient (Wildman–Crippen LogP) is 4.05. The van der Waals surface area contributed by atoms with E-state index in [2.05, 4.69) is 4.98 Å². The molecule has 0 radical (unpaired) electrons. The first kappa shape index (κ1) is 22.2. The van der Waals surface area contributed by atoms with Gasteiger partial charge in [0.15, 0.2) is 0 Å². The van der Waals surface area contributed by atoms with E-state index in [1.165, 1.54) is 13.8 Å². The van der Waals surface area contributed by atoms with Gasteiger partial charge in [0.2, 0.25) is 0 Å². The molecule has 0 N–H and O–H groups in total. The highest BCUT2D eigenvalue weighted by Crippen LogP contribution is 2.42. The SMILES string of the molecule is CN(C)Cc1ccc(-c2ccc(C3OC(C)(C)N(C(=O)C(F)F)C3CF)cc2)cn1. The van der Waals surface area contributed by atoms with Crippen LogP contribution in [0.5, 0.6) is 0 Å². The number of amides is 1. The third-order valence-electron chi connectivity index (χ3n) is 5.13. The number of nitrogens with zero attached hydrogens (tertiary/aromatic N) is 3. The summed E-state index contributed by atoms with van der Waals surface area (Å²) >= 11 is 0. The van der Waals surface area contributed by atoms with Gasteiger partial charge in [-0.15, -0.1) is 0 Å². The zero-order valence-corrected chi connectivity index (χ0v) is 17.5. The summed E-state index contributed by atoms with van der Waals surface area (Å²) in [5.41, 5.74) is 2.08. The maximum absolute atomic E-state index is 13.8. The number of pyridine rings is 1. The lowest BCUT2D eigenvalue weighted by Gasteiger charge is -2.32. The van der Waals surface area contributed by atoms with Gasteiger partial charge >= 0.3 is 6.43 Å². The van der Waals surface area contributed by atoms with E-state index >= 15 is 0 Å². The molecule has 1 aliphatic rings. The molecule has 0 bridgehead atoms. The first-order chi connectivity index (χ1) is 14.1. The first-order valence-corrected chi connectivity index (χ1v) is 9.69. The maximum atomic E-state index is 13.8. The van der Waals surface area contributed by atoms with Crippen molar-refractivity contribution in [3.05, 3.63) is 53.9 Å². The van der Waals surface area contributed by atoms with E-state index in [9.17, 15) is 18.0 Å². The van der Waals surface area contributed by atoms with E-state index in [-0.39, 0.29) is 0 Å². The van der Waals surface area contributed by atoms with E-state index in [0.29, 0.717) is 5.56 Å². The quantitative estimate of drug-likeness (QED) is 0.706. The lowest BCUT2D eigenvalue weighted by molar-refractivity contribution is -0.159. The van der Waals surface area contributed by atoms with E-state index in [1.54, 1.807) is 18.3 Å². The third-order valence-corrected chi connectivity index (χ3v) is 5.13. The number of hydrogen-bond donors (Lipinski definition) is 0. The highest BCUT2D eigenvalue weighted by Gasteiger charge is 2.52. The number of carbonyl (C=O) groups is 1. The van der Waals surface area contributed by atoms with E-state index in [1.807, 2.05) is 43.3 Å². The van der Waals surface area contributed by atoms with Gasteiger partial charge in [-0.1, -0.05) is 30.3 Å². The average molecular weight is 421 g/mol. The van der Waals surface area contributed by atoms with Crippen molar-refractivity contribution in [2.75, 3.05) is 20.8 Å². The molecule has 1 aromatic heterocycles. The molecule has 162 valence electrons. The van der Waals surface area contributed by atoms with Crippen molar-refractivity contribution >= 4 is 5.91 Å². The van der Waals surface area contributed by atoms with Crippen molar-refractivity contribution in [3.8, 4) is 11.1 Å². The second kappa shape index (κ2) is 8.73. The van der Waals surface area contributed by atoms with Crippen LogP contribution in [0.4, 0.5) is 13.2 Å². The van der Waals surface area contributed by atoms with E-state index in [4.69, 9.17) is 4.74 Å². The lowest BCUT2D eigenvalue weighted by Crippen LogP contribution is -2.51. The fourth-order valence-corrected chi connectivity index (χ4v) is 3.83. The second-order valence-corrected chi connectivity index (χ2v) is 8.11. The van der Waals surface area contributed by atoms with Gasteiger partial charge < -0.3 is 14.5 Å². The van der Waals surface area contributed by atoms with Gasteiger partial charge in [-0.3, -0.25) is 9.78 Å². The molecule has 30 heavy (non-hydrogen) atoms. The van der Waals surface area contributed by atoms with Crippen molar-refractivity contribution in [1.29, 1.82) is 0 Å². The van der Waals surface area contributed by atoms with Crippen LogP contribution in [0.1, 0.15) is 31.2 Å². The first-order valence-electron chi connectivity index (χ1n) is 9.69. The molecule has 1 amide bonds. The van der Waals surface area contributed by atoms with Crippen molar-refractivity contribution in [2.45, 2.75) is 44.7 Å². The Kier molecular flexibility index (Phi) is 6.47. The molecular formula is C22H26F3N3O2. The summed E-state index contributed by atoms with van der Waals surface area (Å²) in [4.78, 5) is 19.3. The number of hydrogen-bond acceptors (Lipinski definition) is 4. The van der Waals surface area contributed by atoms with Crippen molar-refractivity contribution in [3.63, 3.8) is 0 Å². The molecule has 3 rings (SSSR count). The number of aromatic nitrogens is 1. The Balaban J connectivity index is 1.82. The lowest BCUT2D eigenvalue weighted by atomic mass is 9.99. The fraction of sp³-hybridized carbons (Fsp3) is 0.455. The molecular weight excluding hydrogens is 395 g/mol. The standard InChI is InChI=1S/C22H26F3N3O2/c1-22(2)28(21(29)20(24)25)18(11-23)19(30-22)15-7-5-14(6-8-15)16-9-10-17(26-12-16)13-27(3)4/h5-10,12,18-20H,11,13H2,1-4H3. The molecule has 2 heterocycles. The maximum Gasteiger partial charge on any atom is 0.315 e. The summed E-state index contributed by atoms with van der Waals surface area (Å²) in [5, 5.41) is 0. The normalized spacial score (nSPS) is 20.9. The number of carbonyl (C=O) groups excluding carboxylic acids is 1. The average Bonchev–Trinajstić information content (AvgIpc) is 2.98. The molecule has 1 saturated heterocycles. The summed E-state index contributed by atoms with van der Waals surface area (Å²) in [6, 6.07) is 10.1. The Morgan fingerprint density at radius 2 is 1.80 bits per heavy atom. The summed E-state index contributed by atoms with van der Waals surface area (Å²) in [6.45, 7) is 2.74. The van der Waals surface area contributed by atoms with E-state index in [0.717, 1.165) is 28.3 Å². The van der Waals surface area contributed by atoms with Gasteiger partial charge in [-0.25, -0.2) is 4.39 Å². The van der Waals surface area contributed by atoms with Crippen LogP contribution in [0.3, 0.4) is 0 Å². The second-order valence-electron chi connectivity index (χ2n) is 8.11. The summed E-state index contributed by atoms with van der Waals surface area (Å²) < 4.78 is 45.7. The van der Waals surface area contributed by atoms with Crippen molar-refractivity contribution in [1.82, 2.24) is 14.8 Å². The topological polar surface area (TPSA) is 45.7 Å². The van der Waals surface area contributed by atoms with Crippen LogP contribution in [0.2, 0.25) is 0 Å². The molecule has 1 aliphatic heterocycles. The van der Waals surface area contributed by atoms with Crippen LogP contribution in [-0.2, 0) is 16.1 Å². The molecule has 0 spiro atoms. The van der Waals surface area contributed by atoms with Gasteiger partial charge in [0, 0.05) is 18.3 Å². The summed E-state index contributed by atoms with van der Waals surface area (Å²) in [7, 11) is 3.95. The molecule has 5 nitrogen and oxygen atoms in total. The van der Waals surface area contributed by atoms with Crippen molar-refractivity contribution < 1.29 is 22.7 Å². The minimum atomic E-state index is -3.22. The minimum absolute atomic E-state index is 0.622. The van der Waals surface area contributed by atoms with Gasteiger partial charge in [0.05, 0.1) is 11.7 Å². The molecule has 0 aliphatic carbocycles. The van der Waals surface area contributed by atoms with Gasteiger partial charge in [-0.05, 0) is 45.1 Å². The van der Waals surface area contributed by atoms with Crippen LogP contribution in [0.25, 0.3) is 11.1 Å². The Labute approximate surface area is 174 Å². The number of benzene rings is 1. The molecule has 0 saturated carbocycles. The van der Waals surface area contributed by atoms with E-state index < -0.39 is 36.9 Å². The molecule has 1 fully saturated rings. The van der Waals surface area contributed by atoms with Crippen molar-refractivity contribution in [2.24, 2.45) is 0 Å². The van der Waals surface area contributed by atoms with Crippen LogP contribution in [0.15, 0.2) is 42.6 Å². The predicted molar refractivity (Wildman–Crippen MR) is 108 cm³/mol. The number of rotatable bonds is 6. The minimum Gasteiger partial charge on any atom is -0.346 e. The molecule has 8 heteroatoms. The van der Waals surface area contributed by atoms with Crippen LogP contribution < -0.4 is 0 Å². The fourth-order valence-electron chi connectivity index (χ4n) is 3.83. The van der Waals surface area contributed by atoms with Gasteiger partial charge in [0.1, 0.15) is 18.5 Å². The van der Waals surface area contributed by atoms with Crippen LogP contribution >= 0.6 is 0 Å². The zero-order chi connectivity index (χ0) is 22.1. The third kappa shape index (κ3) is 4.49. The molecule has 2 atom stereocenters. The Morgan fingerprint density at radius 3 is 2.30 bits per heavy atom.